The Kier molecular flexibility index (Phi) is 4.97. The number of nitrogens with zero attached hydrogens (tertiary/aromatic N) is 1. The maximum Gasteiger partial charge on any atom is 0.179 e. The van der Waals surface area contributed by atoms with Crippen molar-refractivity contribution in [3.05, 3.63) is 34.9 Å². The van der Waals surface area contributed by atoms with Crippen LogP contribution >= 0.6 is 11.6 Å². The van der Waals surface area contributed by atoms with Crippen LogP contribution in [0.2, 0.25) is 5.02 Å². The molecule has 0 amide bonds. The van der Waals surface area contributed by atoms with E-state index in [2.05, 4.69) is 11.8 Å². The molecule has 0 aliphatic heterocycles. The Morgan fingerprint density at radius 1 is 1.50 bits per heavy atom. The summed E-state index contributed by atoms with van der Waals surface area (Å²) in [4.78, 5) is 14.2. The van der Waals surface area contributed by atoms with Crippen LogP contribution in [0.3, 0.4) is 0 Å². The van der Waals surface area contributed by atoms with Gasteiger partial charge in [-0.05, 0) is 39.1 Å². The molecule has 0 bridgehead atoms. The smallest absolute Gasteiger partial charge is 0.179 e. The molecule has 0 fully saturated rings. The van der Waals surface area contributed by atoms with E-state index in [0.29, 0.717) is 10.6 Å². The van der Waals surface area contributed by atoms with Crippen LogP contribution in [0.4, 0.5) is 0 Å². The fourth-order valence-electron chi connectivity index (χ4n) is 1.63. The first-order chi connectivity index (χ1) is 7.56. The molecule has 0 saturated carbocycles. The van der Waals surface area contributed by atoms with Gasteiger partial charge in [0.15, 0.2) is 5.78 Å². The molecule has 2 nitrogen and oxygen atoms in total. The van der Waals surface area contributed by atoms with Gasteiger partial charge in [-0.1, -0.05) is 30.7 Å². The summed E-state index contributed by atoms with van der Waals surface area (Å²) in [6.07, 6.45) is 1.05. The second-order valence-electron chi connectivity index (χ2n) is 4.03. The molecule has 0 spiro atoms. The van der Waals surface area contributed by atoms with Gasteiger partial charge in [0, 0.05) is 10.6 Å². The molecule has 0 aliphatic carbocycles. The third-order valence-corrected chi connectivity index (χ3v) is 2.96. The van der Waals surface area contributed by atoms with Crippen LogP contribution in [0.5, 0.6) is 0 Å². The number of rotatable bonds is 5. The van der Waals surface area contributed by atoms with Crippen molar-refractivity contribution in [1.82, 2.24) is 4.90 Å². The molecule has 0 saturated heterocycles. The highest BCUT2D eigenvalue weighted by molar-refractivity contribution is 6.31. The Balaban J connectivity index is 2.77. The normalized spacial score (nSPS) is 12.8. The fourth-order valence-corrected chi connectivity index (χ4v) is 1.82. The SMILES string of the molecule is CCCN(C)C(C)C(=O)c1cccc(Cl)c1. The van der Waals surface area contributed by atoms with Crippen LogP contribution in [0.25, 0.3) is 0 Å². The van der Waals surface area contributed by atoms with E-state index in [0.717, 1.165) is 13.0 Å². The second-order valence-corrected chi connectivity index (χ2v) is 4.47. The quantitative estimate of drug-likeness (QED) is 0.736. The predicted molar refractivity (Wildman–Crippen MR) is 68.2 cm³/mol. The number of hydrogen-bond donors (Lipinski definition) is 0. The first-order valence-corrected chi connectivity index (χ1v) is 5.94. The van der Waals surface area contributed by atoms with E-state index < -0.39 is 0 Å². The van der Waals surface area contributed by atoms with Crippen LogP contribution in [0.15, 0.2) is 24.3 Å². The van der Waals surface area contributed by atoms with Gasteiger partial charge < -0.3 is 0 Å². The highest BCUT2D eigenvalue weighted by Gasteiger charge is 2.18. The lowest BCUT2D eigenvalue weighted by Crippen LogP contribution is -2.36. The van der Waals surface area contributed by atoms with Crippen molar-refractivity contribution in [2.75, 3.05) is 13.6 Å². The van der Waals surface area contributed by atoms with Gasteiger partial charge in [0.1, 0.15) is 0 Å². The molecule has 1 atom stereocenters. The first-order valence-electron chi connectivity index (χ1n) is 5.56. The van der Waals surface area contributed by atoms with Gasteiger partial charge in [-0.15, -0.1) is 0 Å². The first kappa shape index (κ1) is 13.2. The van der Waals surface area contributed by atoms with Crippen molar-refractivity contribution in [2.45, 2.75) is 26.3 Å². The summed E-state index contributed by atoms with van der Waals surface area (Å²) in [7, 11) is 1.97. The standard InChI is InChI=1S/C13H18ClNO/c1-4-8-15(3)10(2)13(16)11-6-5-7-12(14)9-11/h5-7,9-10H,4,8H2,1-3H3. The van der Waals surface area contributed by atoms with E-state index in [1.54, 1.807) is 12.1 Å². The summed E-state index contributed by atoms with van der Waals surface area (Å²) in [6.45, 7) is 4.96. The Bertz CT molecular complexity index is 365. The zero-order chi connectivity index (χ0) is 12.1. The maximum atomic E-state index is 12.1. The number of benzene rings is 1. The number of ketones is 1. The zero-order valence-electron chi connectivity index (χ0n) is 10.0. The topological polar surface area (TPSA) is 20.3 Å². The fraction of sp³-hybridized carbons (Fsp3) is 0.462. The van der Waals surface area contributed by atoms with Crippen LogP contribution in [0.1, 0.15) is 30.6 Å². The lowest BCUT2D eigenvalue weighted by atomic mass is 10.0. The molecule has 0 radical (unpaired) electrons. The van der Waals surface area contributed by atoms with Gasteiger partial charge in [0.25, 0.3) is 0 Å². The molecular weight excluding hydrogens is 222 g/mol. The van der Waals surface area contributed by atoms with Crippen molar-refractivity contribution in [3.63, 3.8) is 0 Å². The van der Waals surface area contributed by atoms with Gasteiger partial charge in [0.05, 0.1) is 6.04 Å². The lowest BCUT2D eigenvalue weighted by Gasteiger charge is -2.22. The van der Waals surface area contributed by atoms with Gasteiger partial charge in [-0.2, -0.15) is 0 Å². The number of halogens is 1. The number of likely N-dealkylation sites (N-methyl/N-ethyl adjacent to an activating group) is 1. The van der Waals surface area contributed by atoms with Crippen molar-refractivity contribution in [3.8, 4) is 0 Å². The Labute approximate surface area is 102 Å². The van der Waals surface area contributed by atoms with Gasteiger partial charge >= 0.3 is 0 Å². The van der Waals surface area contributed by atoms with Crippen molar-refractivity contribution >= 4 is 17.4 Å². The minimum atomic E-state index is -0.0987. The minimum absolute atomic E-state index is 0.0987. The highest BCUT2D eigenvalue weighted by Crippen LogP contribution is 2.14. The van der Waals surface area contributed by atoms with E-state index in [1.165, 1.54) is 0 Å². The largest absolute Gasteiger partial charge is 0.297 e. The van der Waals surface area contributed by atoms with Crippen LogP contribution in [-0.2, 0) is 0 Å². The molecular formula is C13H18ClNO. The van der Waals surface area contributed by atoms with E-state index in [-0.39, 0.29) is 11.8 Å². The average Bonchev–Trinajstić information content (AvgIpc) is 2.27. The average molecular weight is 240 g/mol. The summed E-state index contributed by atoms with van der Waals surface area (Å²) in [5.41, 5.74) is 0.683. The summed E-state index contributed by atoms with van der Waals surface area (Å²) < 4.78 is 0. The van der Waals surface area contributed by atoms with E-state index in [9.17, 15) is 4.79 Å². The van der Waals surface area contributed by atoms with E-state index >= 15 is 0 Å². The summed E-state index contributed by atoms with van der Waals surface area (Å²) in [5, 5.41) is 0.608. The number of Topliss-reactive ketones (excluding diaryl/α,β-unsaturated/α-hetero) is 1. The molecule has 88 valence electrons. The number of carbonyl (C=O) groups excluding carboxylic acids is 1. The van der Waals surface area contributed by atoms with Crippen LogP contribution in [0, 0.1) is 0 Å². The molecule has 1 rings (SSSR count). The van der Waals surface area contributed by atoms with Crippen molar-refractivity contribution in [2.24, 2.45) is 0 Å². The van der Waals surface area contributed by atoms with Crippen molar-refractivity contribution < 1.29 is 4.79 Å². The molecule has 0 heterocycles. The third-order valence-electron chi connectivity index (χ3n) is 2.73. The Morgan fingerprint density at radius 3 is 2.75 bits per heavy atom. The summed E-state index contributed by atoms with van der Waals surface area (Å²) in [6, 6.07) is 7.02. The zero-order valence-corrected chi connectivity index (χ0v) is 10.8. The molecule has 16 heavy (non-hydrogen) atoms. The number of carbonyl (C=O) groups is 1. The Hall–Kier alpha value is -0.860. The molecule has 1 unspecified atom stereocenters. The highest BCUT2D eigenvalue weighted by atomic mass is 35.5. The van der Waals surface area contributed by atoms with E-state index in [4.69, 9.17) is 11.6 Å². The molecule has 0 aliphatic rings. The van der Waals surface area contributed by atoms with Crippen LogP contribution in [-0.4, -0.2) is 30.3 Å². The maximum absolute atomic E-state index is 12.1. The predicted octanol–water partition coefficient (Wildman–Crippen LogP) is 3.25. The monoisotopic (exact) mass is 239 g/mol. The van der Waals surface area contributed by atoms with Gasteiger partial charge in [-0.25, -0.2) is 0 Å². The van der Waals surface area contributed by atoms with Gasteiger partial charge in [0.2, 0.25) is 0 Å². The number of hydrogen-bond acceptors (Lipinski definition) is 2. The minimum Gasteiger partial charge on any atom is -0.297 e. The van der Waals surface area contributed by atoms with Gasteiger partial charge in [-0.3, -0.25) is 9.69 Å². The summed E-state index contributed by atoms with van der Waals surface area (Å²) >= 11 is 5.87. The summed E-state index contributed by atoms with van der Waals surface area (Å²) in [5.74, 6) is 0.124. The molecule has 0 aromatic heterocycles. The van der Waals surface area contributed by atoms with Crippen LogP contribution < -0.4 is 0 Å². The molecule has 1 aromatic rings. The molecule has 3 heteroatoms. The lowest BCUT2D eigenvalue weighted by molar-refractivity contribution is 0.0869. The molecule has 1 aromatic carbocycles. The third kappa shape index (κ3) is 3.32. The van der Waals surface area contributed by atoms with Crippen molar-refractivity contribution in [1.29, 1.82) is 0 Å². The Morgan fingerprint density at radius 2 is 2.19 bits per heavy atom. The molecule has 0 N–H and O–H groups in total. The van der Waals surface area contributed by atoms with E-state index in [1.807, 2.05) is 26.1 Å². The second kappa shape index (κ2) is 6.02.